The van der Waals surface area contributed by atoms with Crippen molar-refractivity contribution in [2.24, 2.45) is 5.92 Å². The first-order chi connectivity index (χ1) is 7.24. The molecule has 0 saturated heterocycles. The standard InChI is InChI=1S/C11H12N2OS/c1-6(14)8-4-5-9-11(12-8)15-10(13-9)7-2-3-7/h4-5,7,10,13H,2-3H2,1H3. The van der Waals surface area contributed by atoms with Gasteiger partial charge < -0.3 is 5.32 Å². The van der Waals surface area contributed by atoms with Crippen molar-refractivity contribution in [1.29, 1.82) is 0 Å². The van der Waals surface area contributed by atoms with E-state index in [2.05, 4.69) is 10.3 Å². The SMILES string of the molecule is CC(=O)c1ccc2c(n1)SC(C1CC1)N2. The maximum atomic E-state index is 11.2. The van der Waals surface area contributed by atoms with Gasteiger partial charge in [-0.1, -0.05) is 11.8 Å². The Morgan fingerprint density at radius 2 is 2.33 bits per heavy atom. The summed E-state index contributed by atoms with van der Waals surface area (Å²) in [6, 6.07) is 3.76. The molecule has 2 aliphatic rings. The van der Waals surface area contributed by atoms with E-state index >= 15 is 0 Å². The number of thioether (sulfide) groups is 1. The third-order valence-corrected chi connectivity index (χ3v) is 4.10. The minimum atomic E-state index is 0.0354. The summed E-state index contributed by atoms with van der Waals surface area (Å²) in [4.78, 5) is 15.5. The molecule has 0 bridgehead atoms. The van der Waals surface area contributed by atoms with Crippen molar-refractivity contribution >= 4 is 23.2 Å². The molecular weight excluding hydrogens is 208 g/mol. The highest BCUT2D eigenvalue weighted by atomic mass is 32.2. The molecule has 1 aliphatic heterocycles. The minimum Gasteiger partial charge on any atom is -0.370 e. The van der Waals surface area contributed by atoms with E-state index in [9.17, 15) is 4.79 Å². The number of carbonyl (C=O) groups excluding carboxylic acids is 1. The molecule has 3 nitrogen and oxygen atoms in total. The maximum Gasteiger partial charge on any atom is 0.178 e. The highest BCUT2D eigenvalue weighted by molar-refractivity contribution is 8.00. The molecule has 0 radical (unpaired) electrons. The summed E-state index contributed by atoms with van der Waals surface area (Å²) in [6.07, 6.45) is 2.64. The normalized spacial score (nSPS) is 23.4. The Bertz CT molecular complexity index is 429. The molecule has 0 amide bonds. The van der Waals surface area contributed by atoms with Crippen LogP contribution in [0.1, 0.15) is 30.3 Å². The highest BCUT2D eigenvalue weighted by Gasteiger charge is 2.36. The van der Waals surface area contributed by atoms with Gasteiger partial charge in [-0.25, -0.2) is 4.98 Å². The summed E-state index contributed by atoms with van der Waals surface area (Å²) < 4.78 is 0. The zero-order chi connectivity index (χ0) is 10.4. The topological polar surface area (TPSA) is 42.0 Å². The molecule has 1 fully saturated rings. The van der Waals surface area contributed by atoms with E-state index < -0.39 is 0 Å². The lowest BCUT2D eigenvalue weighted by atomic mass is 10.2. The van der Waals surface area contributed by atoms with Gasteiger partial charge in [-0.05, 0) is 30.9 Å². The number of hydrogen-bond acceptors (Lipinski definition) is 4. The predicted molar refractivity (Wildman–Crippen MR) is 60.2 cm³/mol. The Labute approximate surface area is 92.7 Å². The Morgan fingerprint density at radius 3 is 3.00 bits per heavy atom. The minimum absolute atomic E-state index is 0.0354. The molecule has 0 spiro atoms. The molecule has 1 aromatic heterocycles. The molecule has 1 atom stereocenters. The molecule has 0 aromatic carbocycles. The van der Waals surface area contributed by atoms with Crippen molar-refractivity contribution in [2.45, 2.75) is 30.2 Å². The van der Waals surface area contributed by atoms with Gasteiger partial charge in [-0.2, -0.15) is 0 Å². The number of carbonyl (C=O) groups is 1. The molecule has 2 heterocycles. The van der Waals surface area contributed by atoms with E-state index in [0.29, 0.717) is 11.1 Å². The Balaban J connectivity index is 1.89. The fourth-order valence-electron chi connectivity index (χ4n) is 1.75. The fraction of sp³-hybridized carbons (Fsp3) is 0.455. The summed E-state index contributed by atoms with van der Waals surface area (Å²) in [5.41, 5.74) is 1.65. The summed E-state index contributed by atoms with van der Waals surface area (Å²) in [6.45, 7) is 1.56. The van der Waals surface area contributed by atoms with Gasteiger partial charge in [0, 0.05) is 6.92 Å². The largest absolute Gasteiger partial charge is 0.370 e. The van der Waals surface area contributed by atoms with E-state index in [0.717, 1.165) is 16.6 Å². The number of Topliss-reactive ketones (excluding diaryl/α,β-unsaturated/α-hetero) is 1. The van der Waals surface area contributed by atoms with E-state index in [1.165, 1.54) is 12.8 Å². The van der Waals surface area contributed by atoms with Crippen LogP contribution in [0.3, 0.4) is 0 Å². The van der Waals surface area contributed by atoms with E-state index in [-0.39, 0.29) is 5.78 Å². The first-order valence-corrected chi connectivity index (χ1v) is 6.07. The van der Waals surface area contributed by atoms with E-state index in [1.807, 2.05) is 6.07 Å². The van der Waals surface area contributed by atoms with Gasteiger partial charge in [0.1, 0.15) is 10.7 Å². The average molecular weight is 220 g/mol. The third kappa shape index (κ3) is 1.63. The number of rotatable bonds is 2. The predicted octanol–water partition coefficient (Wildman–Crippen LogP) is 2.54. The van der Waals surface area contributed by atoms with Gasteiger partial charge in [-0.3, -0.25) is 4.79 Å². The lowest BCUT2D eigenvalue weighted by molar-refractivity contribution is 0.101. The smallest absolute Gasteiger partial charge is 0.178 e. The van der Waals surface area contributed by atoms with Crippen LogP contribution in [0.15, 0.2) is 17.2 Å². The summed E-state index contributed by atoms with van der Waals surface area (Å²) in [5, 5.41) is 4.92. The molecule has 15 heavy (non-hydrogen) atoms. The van der Waals surface area contributed by atoms with Gasteiger partial charge in [0.05, 0.1) is 11.1 Å². The van der Waals surface area contributed by atoms with E-state index in [4.69, 9.17) is 0 Å². The van der Waals surface area contributed by atoms with Crippen LogP contribution >= 0.6 is 11.8 Å². The second-order valence-electron chi connectivity index (χ2n) is 4.13. The first kappa shape index (κ1) is 9.21. The lowest BCUT2D eigenvalue weighted by Crippen LogP contribution is -2.11. The van der Waals surface area contributed by atoms with Crippen molar-refractivity contribution in [3.8, 4) is 0 Å². The number of aromatic nitrogens is 1. The van der Waals surface area contributed by atoms with Crippen LogP contribution in [-0.4, -0.2) is 16.1 Å². The van der Waals surface area contributed by atoms with Crippen LogP contribution in [0.4, 0.5) is 5.69 Å². The lowest BCUT2D eigenvalue weighted by Gasteiger charge is -2.06. The van der Waals surface area contributed by atoms with Crippen molar-refractivity contribution in [1.82, 2.24) is 4.98 Å². The molecule has 3 rings (SSSR count). The van der Waals surface area contributed by atoms with Gasteiger partial charge in [-0.15, -0.1) is 0 Å². The molecule has 1 saturated carbocycles. The first-order valence-electron chi connectivity index (χ1n) is 5.19. The van der Waals surface area contributed by atoms with Crippen molar-refractivity contribution in [2.75, 3.05) is 5.32 Å². The van der Waals surface area contributed by atoms with Gasteiger partial charge in [0.25, 0.3) is 0 Å². The number of hydrogen-bond donors (Lipinski definition) is 1. The number of nitrogens with zero attached hydrogens (tertiary/aromatic N) is 1. The number of nitrogens with one attached hydrogen (secondary N) is 1. The van der Waals surface area contributed by atoms with Crippen LogP contribution in [-0.2, 0) is 0 Å². The number of anilines is 1. The molecule has 4 heteroatoms. The summed E-state index contributed by atoms with van der Waals surface area (Å²) >= 11 is 1.76. The number of pyridine rings is 1. The third-order valence-electron chi connectivity index (χ3n) is 2.81. The van der Waals surface area contributed by atoms with Gasteiger partial charge in [0.15, 0.2) is 5.78 Å². The van der Waals surface area contributed by atoms with Crippen LogP contribution < -0.4 is 5.32 Å². The van der Waals surface area contributed by atoms with Crippen LogP contribution in [0, 0.1) is 5.92 Å². The average Bonchev–Trinajstić information content (AvgIpc) is 2.97. The second kappa shape index (κ2) is 3.23. The van der Waals surface area contributed by atoms with E-state index in [1.54, 1.807) is 24.8 Å². The second-order valence-corrected chi connectivity index (χ2v) is 5.26. The molecule has 1 aliphatic carbocycles. The zero-order valence-corrected chi connectivity index (χ0v) is 9.30. The summed E-state index contributed by atoms with van der Waals surface area (Å²) in [7, 11) is 0. The maximum absolute atomic E-state index is 11.2. The van der Waals surface area contributed by atoms with Crippen molar-refractivity contribution in [3.63, 3.8) is 0 Å². The zero-order valence-electron chi connectivity index (χ0n) is 8.49. The quantitative estimate of drug-likeness (QED) is 0.778. The Morgan fingerprint density at radius 1 is 1.53 bits per heavy atom. The number of fused-ring (bicyclic) bond motifs is 1. The molecular formula is C11H12N2OS. The monoisotopic (exact) mass is 220 g/mol. The van der Waals surface area contributed by atoms with Crippen LogP contribution in [0.5, 0.6) is 0 Å². The van der Waals surface area contributed by atoms with Crippen molar-refractivity contribution in [3.05, 3.63) is 17.8 Å². The van der Waals surface area contributed by atoms with Gasteiger partial charge in [0.2, 0.25) is 0 Å². The van der Waals surface area contributed by atoms with Crippen LogP contribution in [0.2, 0.25) is 0 Å². The number of ketones is 1. The summed E-state index contributed by atoms with van der Waals surface area (Å²) in [5.74, 6) is 0.832. The molecule has 78 valence electrons. The van der Waals surface area contributed by atoms with Gasteiger partial charge >= 0.3 is 0 Å². The molecule has 1 aromatic rings. The fourth-order valence-corrected chi connectivity index (χ4v) is 3.05. The Kier molecular flexibility index (Phi) is 1.99. The Hall–Kier alpha value is -1.03. The highest BCUT2D eigenvalue weighted by Crippen LogP contribution is 2.47. The molecule has 1 unspecified atom stereocenters. The van der Waals surface area contributed by atoms with Crippen molar-refractivity contribution < 1.29 is 4.79 Å². The molecule has 1 N–H and O–H groups in total. The van der Waals surface area contributed by atoms with Crippen LogP contribution in [0.25, 0.3) is 0 Å².